The van der Waals surface area contributed by atoms with E-state index in [0.717, 1.165) is 23.1 Å². The van der Waals surface area contributed by atoms with Crippen molar-refractivity contribution in [2.75, 3.05) is 14.2 Å². The molecule has 0 fully saturated rings. The first-order valence-corrected chi connectivity index (χ1v) is 9.85. The van der Waals surface area contributed by atoms with Gasteiger partial charge in [0, 0.05) is 24.7 Å². The number of aromatic nitrogens is 1. The number of methoxy groups -OCH3 is 2. The molecule has 1 aromatic heterocycles. The lowest BCUT2D eigenvalue weighted by molar-refractivity contribution is 0.0998. The summed E-state index contributed by atoms with van der Waals surface area (Å²) in [5, 5.41) is 0. The van der Waals surface area contributed by atoms with Gasteiger partial charge in [-0.05, 0) is 48.9 Å². The summed E-state index contributed by atoms with van der Waals surface area (Å²) in [4.78, 5) is 17.8. The van der Waals surface area contributed by atoms with Crippen molar-refractivity contribution in [2.24, 2.45) is 12.0 Å². The van der Waals surface area contributed by atoms with Crippen LogP contribution in [0.1, 0.15) is 34.3 Å². The minimum atomic E-state index is -0.204. The predicted octanol–water partition coefficient (Wildman–Crippen LogP) is 3.88. The van der Waals surface area contributed by atoms with Gasteiger partial charge in [-0.15, -0.1) is 0 Å². The van der Waals surface area contributed by atoms with E-state index >= 15 is 0 Å². The van der Waals surface area contributed by atoms with Crippen LogP contribution >= 0.6 is 11.3 Å². The number of carbonyl (C=O) groups is 1. The molecule has 6 heteroatoms. The molecule has 3 aromatic rings. The fourth-order valence-electron chi connectivity index (χ4n) is 3.58. The van der Waals surface area contributed by atoms with Crippen LogP contribution in [-0.2, 0) is 19.9 Å². The van der Waals surface area contributed by atoms with Crippen molar-refractivity contribution in [3.63, 3.8) is 0 Å². The molecule has 0 spiro atoms. The van der Waals surface area contributed by atoms with Gasteiger partial charge in [-0.25, -0.2) is 0 Å². The molecule has 0 saturated heterocycles. The molecule has 1 amide bonds. The normalized spacial score (nSPS) is 14.3. The Labute approximate surface area is 161 Å². The molecule has 5 nitrogen and oxygen atoms in total. The zero-order valence-electron chi connectivity index (χ0n) is 15.7. The second-order valence-corrected chi connectivity index (χ2v) is 7.74. The fraction of sp³-hybridized carbons (Fsp3) is 0.333. The average Bonchev–Trinajstić information content (AvgIpc) is 3.01. The Balaban J connectivity index is 1.76. The molecule has 4 rings (SSSR count). The lowest BCUT2D eigenvalue weighted by Crippen LogP contribution is -2.14. The van der Waals surface area contributed by atoms with Gasteiger partial charge in [0.25, 0.3) is 5.91 Å². The maximum Gasteiger partial charge on any atom is 0.279 e. The number of fused-ring (bicyclic) bond motifs is 2. The minimum Gasteiger partial charge on any atom is -0.493 e. The van der Waals surface area contributed by atoms with Gasteiger partial charge in [0.05, 0.1) is 24.4 Å². The largest absolute Gasteiger partial charge is 0.493 e. The predicted molar refractivity (Wildman–Crippen MR) is 107 cm³/mol. The molecular weight excluding hydrogens is 360 g/mol. The van der Waals surface area contributed by atoms with E-state index in [2.05, 4.69) is 11.1 Å². The molecule has 0 unspecified atom stereocenters. The van der Waals surface area contributed by atoms with Crippen LogP contribution in [0.4, 0.5) is 0 Å². The summed E-state index contributed by atoms with van der Waals surface area (Å²) >= 11 is 1.46. The van der Waals surface area contributed by atoms with Crippen LogP contribution in [0.2, 0.25) is 0 Å². The Morgan fingerprint density at radius 1 is 1.04 bits per heavy atom. The van der Waals surface area contributed by atoms with Gasteiger partial charge in [0.15, 0.2) is 16.3 Å². The number of ether oxygens (including phenoxy) is 2. The molecule has 0 N–H and O–H groups in total. The van der Waals surface area contributed by atoms with E-state index in [0.29, 0.717) is 21.9 Å². The Morgan fingerprint density at radius 2 is 1.74 bits per heavy atom. The molecular formula is C21H22N2O3S. The SMILES string of the molecule is COc1cc2sc(=NC(=O)c3ccc4c(c3)CCCC4)n(C)c2cc1OC. The lowest BCUT2D eigenvalue weighted by Gasteiger charge is -2.15. The third kappa shape index (κ3) is 3.25. The third-order valence-corrected chi connectivity index (χ3v) is 6.20. The van der Waals surface area contributed by atoms with E-state index < -0.39 is 0 Å². The van der Waals surface area contributed by atoms with Gasteiger partial charge < -0.3 is 14.0 Å². The number of hydrogen-bond acceptors (Lipinski definition) is 4. The van der Waals surface area contributed by atoms with Gasteiger partial charge in [-0.3, -0.25) is 4.79 Å². The Kier molecular flexibility index (Phi) is 4.74. The Hall–Kier alpha value is -2.60. The number of amides is 1. The van der Waals surface area contributed by atoms with E-state index in [1.54, 1.807) is 14.2 Å². The Morgan fingerprint density at radius 3 is 2.48 bits per heavy atom. The van der Waals surface area contributed by atoms with Gasteiger partial charge in [-0.2, -0.15) is 4.99 Å². The quantitative estimate of drug-likeness (QED) is 0.691. The zero-order valence-corrected chi connectivity index (χ0v) is 16.6. The summed E-state index contributed by atoms with van der Waals surface area (Å²) < 4.78 is 13.7. The van der Waals surface area contributed by atoms with E-state index in [1.165, 1.54) is 35.3 Å². The highest BCUT2D eigenvalue weighted by Crippen LogP contribution is 2.33. The summed E-state index contributed by atoms with van der Waals surface area (Å²) in [6, 6.07) is 9.82. The molecule has 0 radical (unpaired) electrons. The first kappa shape index (κ1) is 17.8. The summed E-state index contributed by atoms with van der Waals surface area (Å²) in [7, 11) is 5.13. The molecule has 27 heavy (non-hydrogen) atoms. The summed E-state index contributed by atoms with van der Waals surface area (Å²) in [6.07, 6.45) is 4.58. The van der Waals surface area contributed by atoms with Crippen molar-refractivity contribution >= 4 is 27.5 Å². The summed E-state index contributed by atoms with van der Waals surface area (Å²) in [5.41, 5.74) is 4.26. The third-order valence-electron chi connectivity index (χ3n) is 5.11. The van der Waals surface area contributed by atoms with Gasteiger partial charge in [0.2, 0.25) is 0 Å². The lowest BCUT2D eigenvalue weighted by atomic mass is 9.90. The van der Waals surface area contributed by atoms with Crippen molar-refractivity contribution in [1.29, 1.82) is 0 Å². The molecule has 0 aliphatic heterocycles. The zero-order chi connectivity index (χ0) is 19.0. The van der Waals surface area contributed by atoms with Crippen LogP contribution < -0.4 is 14.3 Å². The highest BCUT2D eigenvalue weighted by molar-refractivity contribution is 7.16. The molecule has 2 aromatic carbocycles. The first-order chi connectivity index (χ1) is 13.1. The van der Waals surface area contributed by atoms with Crippen LogP contribution in [0, 0.1) is 0 Å². The minimum absolute atomic E-state index is 0.204. The van der Waals surface area contributed by atoms with Crippen molar-refractivity contribution in [2.45, 2.75) is 25.7 Å². The van der Waals surface area contributed by atoms with Crippen molar-refractivity contribution < 1.29 is 14.3 Å². The van der Waals surface area contributed by atoms with Gasteiger partial charge in [0.1, 0.15) is 0 Å². The van der Waals surface area contributed by atoms with Gasteiger partial charge >= 0.3 is 0 Å². The Bertz CT molecular complexity index is 1090. The van der Waals surface area contributed by atoms with Crippen LogP contribution in [0.3, 0.4) is 0 Å². The van der Waals surface area contributed by atoms with E-state index in [9.17, 15) is 4.79 Å². The molecule has 1 aliphatic carbocycles. The number of benzene rings is 2. The standard InChI is InChI=1S/C21H22N2O3S/c1-23-16-11-17(25-2)18(26-3)12-19(16)27-21(23)22-20(24)15-9-8-13-6-4-5-7-14(13)10-15/h8-12H,4-7H2,1-3H3. The second kappa shape index (κ2) is 7.19. The number of rotatable bonds is 3. The fourth-order valence-corrected chi connectivity index (χ4v) is 4.61. The van der Waals surface area contributed by atoms with Crippen molar-refractivity contribution in [3.05, 3.63) is 51.8 Å². The van der Waals surface area contributed by atoms with Crippen molar-refractivity contribution in [1.82, 2.24) is 4.57 Å². The highest BCUT2D eigenvalue weighted by atomic mass is 32.1. The number of carbonyl (C=O) groups excluding carboxylic acids is 1. The van der Waals surface area contributed by atoms with E-state index in [1.807, 2.05) is 35.9 Å². The number of hydrogen-bond donors (Lipinski definition) is 0. The van der Waals surface area contributed by atoms with Crippen LogP contribution in [-0.4, -0.2) is 24.7 Å². The van der Waals surface area contributed by atoms with Crippen LogP contribution in [0.5, 0.6) is 11.5 Å². The maximum absolute atomic E-state index is 12.8. The highest BCUT2D eigenvalue weighted by Gasteiger charge is 2.14. The number of nitrogens with zero attached hydrogens (tertiary/aromatic N) is 2. The van der Waals surface area contributed by atoms with Crippen LogP contribution in [0.15, 0.2) is 35.3 Å². The summed E-state index contributed by atoms with van der Waals surface area (Å²) in [6.45, 7) is 0. The van der Waals surface area contributed by atoms with E-state index in [-0.39, 0.29) is 5.91 Å². The summed E-state index contributed by atoms with van der Waals surface area (Å²) in [5.74, 6) is 1.12. The maximum atomic E-state index is 12.8. The molecule has 140 valence electrons. The number of thiazole rings is 1. The molecule has 0 atom stereocenters. The van der Waals surface area contributed by atoms with Gasteiger partial charge in [-0.1, -0.05) is 17.4 Å². The number of aryl methyl sites for hydroxylation is 3. The molecule has 0 saturated carbocycles. The van der Waals surface area contributed by atoms with E-state index in [4.69, 9.17) is 9.47 Å². The topological polar surface area (TPSA) is 52.8 Å². The average molecular weight is 382 g/mol. The van der Waals surface area contributed by atoms with Crippen molar-refractivity contribution in [3.8, 4) is 11.5 Å². The smallest absolute Gasteiger partial charge is 0.279 e. The first-order valence-electron chi connectivity index (χ1n) is 9.03. The monoisotopic (exact) mass is 382 g/mol. The molecule has 1 heterocycles. The second-order valence-electron chi connectivity index (χ2n) is 6.73. The molecule has 1 aliphatic rings. The molecule has 0 bridgehead atoms. The van der Waals surface area contributed by atoms with Crippen LogP contribution in [0.25, 0.3) is 10.2 Å².